The molecule has 2 aliphatic rings. The van der Waals surface area contributed by atoms with Gasteiger partial charge in [-0.2, -0.15) is 0 Å². The van der Waals surface area contributed by atoms with Crippen LogP contribution in [0.4, 0.5) is 0 Å². The number of likely N-dealkylation sites (N-methyl/N-ethyl adjacent to an activating group) is 1. The molecule has 1 aromatic heterocycles. The highest BCUT2D eigenvalue weighted by Gasteiger charge is 2.30. The summed E-state index contributed by atoms with van der Waals surface area (Å²) in [7, 11) is 2.23. The molecule has 0 saturated carbocycles. The van der Waals surface area contributed by atoms with E-state index in [1.165, 1.54) is 26.6 Å². The van der Waals surface area contributed by atoms with E-state index in [1.54, 1.807) is 0 Å². The van der Waals surface area contributed by atoms with Gasteiger partial charge < -0.3 is 4.90 Å². The Bertz CT molecular complexity index is 751. The highest BCUT2D eigenvalue weighted by atomic mass is 32.2. The van der Waals surface area contributed by atoms with E-state index in [-0.39, 0.29) is 0 Å². The number of fused-ring (bicyclic) bond motifs is 2. The molecule has 4 heteroatoms. The minimum Gasteiger partial charge on any atom is -0.304 e. The Labute approximate surface area is 155 Å². The van der Waals surface area contributed by atoms with Gasteiger partial charge in [0.05, 0.1) is 0 Å². The lowest BCUT2D eigenvalue weighted by molar-refractivity contribution is 0.109. The van der Waals surface area contributed by atoms with Crippen molar-refractivity contribution in [2.45, 2.75) is 42.1 Å². The van der Waals surface area contributed by atoms with Crippen LogP contribution in [0.1, 0.15) is 42.5 Å². The van der Waals surface area contributed by atoms with Crippen molar-refractivity contribution in [3.8, 4) is 0 Å². The van der Waals surface area contributed by atoms with Crippen LogP contribution < -0.4 is 0 Å². The number of piperazine rings is 1. The van der Waals surface area contributed by atoms with E-state index >= 15 is 0 Å². The molecule has 132 valence electrons. The van der Waals surface area contributed by atoms with Gasteiger partial charge in [-0.25, -0.2) is 4.98 Å². The maximum atomic E-state index is 4.66. The van der Waals surface area contributed by atoms with Gasteiger partial charge in [-0.1, -0.05) is 43.8 Å². The van der Waals surface area contributed by atoms with Gasteiger partial charge in [-0.05, 0) is 48.2 Å². The van der Waals surface area contributed by atoms with E-state index in [0.717, 1.165) is 32.6 Å². The monoisotopic (exact) mass is 353 g/mol. The van der Waals surface area contributed by atoms with E-state index in [1.807, 2.05) is 18.0 Å². The third-order valence-corrected chi connectivity index (χ3v) is 6.66. The zero-order chi connectivity index (χ0) is 17.4. The van der Waals surface area contributed by atoms with Crippen LogP contribution in [0.25, 0.3) is 0 Å². The topological polar surface area (TPSA) is 19.4 Å². The van der Waals surface area contributed by atoms with Crippen molar-refractivity contribution >= 4 is 11.8 Å². The largest absolute Gasteiger partial charge is 0.304 e. The van der Waals surface area contributed by atoms with Crippen molar-refractivity contribution in [3.63, 3.8) is 0 Å². The molecular formula is C21H27N3S. The summed E-state index contributed by atoms with van der Waals surface area (Å²) in [5.41, 5.74) is 4.33. The molecule has 0 unspecified atom stereocenters. The fourth-order valence-electron chi connectivity index (χ4n) is 3.83. The number of pyridine rings is 1. The molecule has 4 rings (SSSR count). The summed E-state index contributed by atoms with van der Waals surface area (Å²) in [6.07, 6.45) is 2.98. The predicted octanol–water partition coefficient (Wildman–Crippen LogP) is 4.20. The number of benzene rings is 1. The summed E-state index contributed by atoms with van der Waals surface area (Å²) in [6.45, 7) is 9.17. The molecule has 0 N–H and O–H groups in total. The van der Waals surface area contributed by atoms with Gasteiger partial charge in [0.15, 0.2) is 0 Å². The van der Waals surface area contributed by atoms with E-state index in [4.69, 9.17) is 0 Å². The van der Waals surface area contributed by atoms with E-state index in [9.17, 15) is 0 Å². The number of aromatic nitrogens is 1. The second-order valence-electron chi connectivity index (χ2n) is 7.58. The second kappa shape index (κ2) is 7.10. The Morgan fingerprint density at radius 2 is 1.92 bits per heavy atom. The molecule has 3 heterocycles. The van der Waals surface area contributed by atoms with Crippen LogP contribution in [0.5, 0.6) is 0 Å². The quantitative estimate of drug-likeness (QED) is 0.805. The third kappa shape index (κ3) is 3.48. The van der Waals surface area contributed by atoms with Gasteiger partial charge in [0.1, 0.15) is 5.03 Å². The lowest BCUT2D eigenvalue weighted by Gasteiger charge is -2.38. The van der Waals surface area contributed by atoms with Gasteiger partial charge in [0, 0.05) is 43.3 Å². The summed E-state index contributed by atoms with van der Waals surface area (Å²) < 4.78 is 0. The molecule has 0 spiro atoms. The molecule has 1 saturated heterocycles. The SMILES string of the molecule is CC(C)c1ccc2c(c1)[C@@H](N1CCN(C)CC1)Cc1cccnc1S2. The van der Waals surface area contributed by atoms with Crippen LogP contribution in [-0.2, 0) is 6.42 Å². The molecule has 1 fully saturated rings. The van der Waals surface area contributed by atoms with Gasteiger partial charge in [-0.3, -0.25) is 4.90 Å². The zero-order valence-corrected chi connectivity index (χ0v) is 16.2. The summed E-state index contributed by atoms with van der Waals surface area (Å²) in [4.78, 5) is 11.2. The Hall–Kier alpha value is -1.36. The van der Waals surface area contributed by atoms with E-state index in [0.29, 0.717) is 12.0 Å². The van der Waals surface area contributed by atoms with E-state index in [2.05, 4.69) is 66.0 Å². The van der Waals surface area contributed by atoms with Crippen LogP contribution in [0.15, 0.2) is 46.5 Å². The predicted molar refractivity (Wildman–Crippen MR) is 104 cm³/mol. The Balaban J connectivity index is 1.77. The molecule has 0 bridgehead atoms. The summed E-state index contributed by atoms with van der Waals surface area (Å²) in [6, 6.07) is 11.9. The van der Waals surface area contributed by atoms with Crippen molar-refractivity contribution in [3.05, 3.63) is 53.2 Å². The maximum absolute atomic E-state index is 4.66. The average molecular weight is 354 g/mol. The van der Waals surface area contributed by atoms with Crippen molar-refractivity contribution in [2.75, 3.05) is 33.2 Å². The summed E-state index contributed by atoms with van der Waals surface area (Å²) in [5, 5.41) is 1.18. The highest BCUT2D eigenvalue weighted by molar-refractivity contribution is 7.99. The third-order valence-electron chi connectivity index (χ3n) is 5.51. The van der Waals surface area contributed by atoms with Crippen molar-refractivity contribution in [2.24, 2.45) is 0 Å². The van der Waals surface area contributed by atoms with Crippen LogP contribution in [-0.4, -0.2) is 48.0 Å². The number of nitrogens with zero attached hydrogens (tertiary/aromatic N) is 3. The van der Waals surface area contributed by atoms with Crippen molar-refractivity contribution in [1.82, 2.24) is 14.8 Å². The van der Waals surface area contributed by atoms with Gasteiger partial charge in [0.2, 0.25) is 0 Å². The molecule has 2 aliphatic heterocycles. The van der Waals surface area contributed by atoms with Crippen LogP contribution in [0, 0.1) is 0 Å². The first-order valence-electron chi connectivity index (χ1n) is 9.30. The van der Waals surface area contributed by atoms with Crippen molar-refractivity contribution in [1.29, 1.82) is 0 Å². The van der Waals surface area contributed by atoms with Crippen LogP contribution >= 0.6 is 11.8 Å². The number of rotatable bonds is 2. The first kappa shape index (κ1) is 17.1. The summed E-state index contributed by atoms with van der Waals surface area (Å²) >= 11 is 1.84. The Morgan fingerprint density at radius 3 is 2.68 bits per heavy atom. The number of hydrogen-bond acceptors (Lipinski definition) is 4. The van der Waals surface area contributed by atoms with E-state index < -0.39 is 0 Å². The maximum Gasteiger partial charge on any atom is 0.104 e. The van der Waals surface area contributed by atoms with Crippen LogP contribution in [0.2, 0.25) is 0 Å². The molecule has 0 amide bonds. The lowest BCUT2D eigenvalue weighted by atomic mass is 9.93. The molecule has 1 atom stereocenters. The molecular weight excluding hydrogens is 326 g/mol. The highest BCUT2D eigenvalue weighted by Crippen LogP contribution is 2.43. The number of hydrogen-bond donors (Lipinski definition) is 0. The second-order valence-corrected chi connectivity index (χ2v) is 8.61. The first-order valence-corrected chi connectivity index (χ1v) is 10.1. The van der Waals surface area contributed by atoms with Crippen LogP contribution in [0.3, 0.4) is 0 Å². The van der Waals surface area contributed by atoms with Crippen molar-refractivity contribution < 1.29 is 0 Å². The fourth-order valence-corrected chi connectivity index (χ4v) is 4.89. The Morgan fingerprint density at radius 1 is 1.12 bits per heavy atom. The van der Waals surface area contributed by atoms with Gasteiger partial charge >= 0.3 is 0 Å². The Kier molecular flexibility index (Phi) is 4.85. The normalized spacial score (nSPS) is 21.7. The molecule has 0 aliphatic carbocycles. The molecule has 3 nitrogen and oxygen atoms in total. The molecule has 25 heavy (non-hydrogen) atoms. The minimum atomic E-state index is 0.459. The zero-order valence-electron chi connectivity index (χ0n) is 15.4. The summed E-state index contributed by atoms with van der Waals surface area (Å²) in [5.74, 6) is 0.562. The average Bonchev–Trinajstić information content (AvgIpc) is 2.78. The smallest absolute Gasteiger partial charge is 0.104 e. The first-order chi connectivity index (χ1) is 12.1. The molecule has 0 radical (unpaired) electrons. The van der Waals surface area contributed by atoms with Gasteiger partial charge in [-0.15, -0.1) is 0 Å². The molecule has 1 aromatic carbocycles. The van der Waals surface area contributed by atoms with Gasteiger partial charge in [0.25, 0.3) is 0 Å². The molecule has 2 aromatic rings. The standard InChI is InChI=1S/C21H27N3S/c1-15(2)16-6-7-20-18(13-16)19(24-11-9-23(3)10-12-24)14-17-5-4-8-22-21(17)25-20/h4-8,13,15,19H,9-12,14H2,1-3H3/t19-/m0/s1. The minimum absolute atomic E-state index is 0.459. The lowest BCUT2D eigenvalue weighted by Crippen LogP contribution is -2.46. The fraction of sp³-hybridized carbons (Fsp3) is 0.476.